The predicted octanol–water partition coefficient (Wildman–Crippen LogP) is 9.04. The highest BCUT2D eigenvalue weighted by Gasteiger charge is 2.73. The lowest BCUT2D eigenvalue weighted by molar-refractivity contribution is -0.250. The first-order chi connectivity index (χ1) is 42.7. The van der Waals surface area contributed by atoms with Crippen LogP contribution < -0.4 is 25.6 Å². The molecule has 4 aliphatic heterocycles. The second kappa shape index (κ2) is 25.9. The van der Waals surface area contributed by atoms with Gasteiger partial charge in [-0.15, -0.1) is 11.8 Å². The maximum Gasteiger partial charge on any atom is 0.501 e. The number of thioether (sulfide) groups is 1. The van der Waals surface area contributed by atoms with Crippen LogP contribution in [0.3, 0.4) is 0 Å². The second-order valence-electron chi connectivity index (χ2n) is 26.0. The second-order valence-corrected chi connectivity index (χ2v) is 30.7. The van der Waals surface area contributed by atoms with E-state index in [2.05, 4.69) is 49.4 Å². The number of amides is 5. The van der Waals surface area contributed by atoms with E-state index in [9.17, 15) is 62.8 Å². The summed E-state index contributed by atoms with van der Waals surface area (Å²) in [4.78, 5) is 72.8. The number of unbranched alkanes of at least 4 members (excludes halogenated alkanes) is 1. The predicted molar refractivity (Wildman–Crippen MR) is 332 cm³/mol. The zero-order valence-electron chi connectivity index (χ0n) is 50.4. The average Bonchev–Trinajstić information content (AvgIpc) is 1.03. The van der Waals surface area contributed by atoms with Crippen molar-refractivity contribution in [2.24, 2.45) is 16.2 Å². The Morgan fingerprint density at radius 3 is 2.10 bits per heavy atom. The van der Waals surface area contributed by atoms with Crippen molar-refractivity contribution < 1.29 is 62.8 Å². The number of piperidine rings is 1. The van der Waals surface area contributed by atoms with Gasteiger partial charge in [0.05, 0.1) is 21.7 Å². The van der Waals surface area contributed by atoms with Crippen LogP contribution in [0.2, 0.25) is 0 Å². The van der Waals surface area contributed by atoms with Gasteiger partial charge < -0.3 is 25.3 Å². The van der Waals surface area contributed by atoms with Crippen molar-refractivity contribution in [3.8, 4) is 0 Å². The molecule has 4 N–H and O–H groups in total. The summed E-state index contributed by atoms with van der Waals surface area (Å²) in [5, 5.41) is 8.54. The number of imide groups is 2. The zero-order chi connectivity index (χ0) is 64.0. The van der Waals surface area contributed by atoms with E-state index in [-0.39, 0.29) is 40.4 Å². The Bertz CT molecular complexity index is 3650. The minimum Gasteiger partial charge on any atom is -0.385 e. The highest BCUT2D eigenvalue weighted by Crippen LogP contribution is 2.79. The quantitative estimate of drug-likeness (QED) is 0.0169. The van der Waals surface area contributed by atoms with Gasteiger partial charge in [-0.3, -0.25) is 39.1 Å². The number of sulfonamides is 1. The van der Waals surface area contributed by atoms with E-state index in [1.54, 1.807) is 30.3 Å². The molecule has 4 heterocycles. The average molecular weight is 1310 g/mol. The van der Waals surface area contributed by atoms with Crippen LogP contribution >= 0.6 is 11.8 Å². The Labute approximate surface area is 526 Å². The summed E-state index contributed by atoms with van der Waals surface area (Å²) in [5.41, 5.74) is -2.38. The van der Waals surface area contributed by atoms with Gasteiger partial charge in [-0.2, -0.15) is 13.2 Å². The van der Waals surface area contributed by atoms with Crippen molar-refractivity contribution in [3.05, 3.63) is 119 Å². The fourth-order valence-electron chi connectivity index (χ4n) is 14.1. The minimum absolute atomic E-state index is 0.0291. The first-order valence-corrected chi connectivity index (χ1v) is 34.8. The fraction of sp³-hybridized carbons (Fsp3) is 0.516. The van der Waals surface area contributed by atoms with E-state index in [0.717, 1.165) is 99.0 Å². The van der Waals surface area contributed by atoms with Crippen molar-refractivity contribution in [1.29, 1.82) is 0 Å². The molecule has 1 unspecified atom stereocenters. The largest absolute Gasteiger partial charge is 0.501 e. The monoisotopic (exact) mass is 1310 g/mol. The molecule has 0 aromatic heterocycles. The molecule has 8 aliphatic rings. The number of sulfone groups is 1. The van der Waals surface area contributed by atoms with E-state index < -0.39 is 94.3 Å². The van der Waals surface area contributed by atoms with Crippen LogP contribution in [-0.4, -0.2) is 174 Å². The van der Waals surface area contributed by atoms with Gasteiger partial charge in [-0.25, -0.2) is 30.3 Å². The third-order valence-electron chi connectivity index (χ3n) is 19.2. The van der Waals surface area contributed by atoms with Gasteiger partial charge in [0.2, 0.25) is 18.2 Å². The van der Waals surface area contributed by atoms with E-state index in [1.807, 2.05) is 35.1 Å². The molecule has 484 valence electrons. The van der Waals surface area contributed by atoms with Crippen LogP contribution in [0.15, 0.2) is 117 Å². The van der Waals surface area contributed by atoms with Crippen molar-refractivity contribution in [2.45, 2.75) is 123 Å². The number of piperazine rings is 2. The van der Waals surface area contributed by atoms with Gasteiger partial charge in [0.25, 0.3) is 37.6 Å². The Morgan fingerprint density at radius 1 is 0.767 bits per heavy atom. The van der Waals surface area contributed by atoms with Crippen molar-refractivity contribution in [3.63, 3.8) is 0 Å². The lowest BCUT2D eigenvalue weighted by Crippen LogP contribution is -2.66. The molecule has 90 heavy (non-hydrogen) atoms. The number of fused-ring (bicyclic) bond motifs is 1. The van der Waals surface area contributed by atoms with E-state index in [4.69, 9.17) is 0 Å². The number of anilines is 3. The summed E-state index contributed by atoms with van der Waals surface area (Å²) in [7, 11) is -11.1. The molecular formula is C64H76F5N9O9S3. The number of allylic oxidation sites excluding steroid dienone is 1. The number of alkyl halides is 5. The van der Waals surface area contributed by atoms with E-state index in [0.29, 0.717) is 82.5 Å². The van der Waals surface area contributed by atoms with Crippen molar-refractivity contribution >= 4 is 78.2 Å². The summed E-state index contributed by atoms with van der Waals surface area (Å²) in [6.45, 7) is 13.0. The number of hydrogen-bond donors (Lipinski definition) is 4. The van der Waals surface area contributed by atoms with Crippen LogP contribution in [0.4, 0.5) is 39.0 Å². The Balaban J connectivity index is 0.671. The van der Waals surface area contributed by atoms with Crippen molar-refractivity contribution in [2.75, 3.05) is 99.8 Å². The van der Waals surface area contributed by atoms with Gasteiger partial charge in [0.1, 0.15) is 10.9 Å². The summed E-state index contributed by atoms with van der Waals surface area (Å²) < 4.78 is 127. The molecule has 18 nitrogen and oxygen atoms in total. The molecule has 4 aliphatic carbocycles. The summed E-state index contributed by atoms with van der Waals surface area (Å²) >= 11 is 1.42. The van der Waals surface area contributed by atoms with Crippen LogP contribution in [0.5, 0.6) is 0 Å². The van der Waals surface area contributed by atoms with Crippen molar-refractivity contribution in [1.82, 2.24) is 29.6 Å². The minimum atomic E-state index is -6.15. The number of carbonyl (C=O) groups excluding carboxylic acids is 5. The maximum atomic E-state index is 14.5. The molecule has 2 atom stereocenters. The van der Waals surface area contributed by atoms with Gasteiger partial charge in [0.15, 0.2) is 0 Å². The SMILES string of the molecule is CC1(C)CCC(CN2CCN(c3ccc(C(=O)NS(=O)(=O)c4ccc(N[C@H](CCN5CCN(CCCCNc6ccc7c(c6)C(=O)N(C6CCC(=O)NC6=O)C7=O)CC5)CSc5ccccc5)c(S(=O)(=O)C(F)(F)F)c4)cc3)CC2)=C(C23CC(C(F)F)(C2)C3)C1. The van der Waals surface area contributed by atoms with Crippen LogP contribution in [0, 0.1) is 16.2 Å². The Kier molecular flexibility index (Phi) is 18.7. The maximum absolute atomic E-state index is 14.5. The van der Waals surface area contributed by atoms with Crippen LogP contribution in [0.1, 0.15) is 116 Å². The first-order valence-electron chi connectivity index (χ1n) is 30.8. The molecule has 3 saturated heterocycles. The van der Waals surface area contributed by atoms with Gasteiger partial charge in [-0.1, -0.05) is 43.2 Å². The summed E-state index contributed by atoms with van der Waals surface area (Å²) in [5.74, 6) is -3.03. The van der Waals surface area contributed by atoms with E-state index >= 15 is 0 Å². The van der Waals surface area contributed by atoms with Crippen LogP contribution in [-0.2, 0) is 29.4 Å². The third-order valence-corrected chi connectivity index (χ3v) is 23.2. The Morgan fingerprint density at radius 2 is 1.43 bits per heavy atom. The normalized spacial score (nSPS) is 23.7. The number of benzene rings is 4. The highest BCUT2D eigenvalue weighted by molar-refractivity contribution is 7.99. The number of carbonyl (C=O) groups is 5. The van der Waals surface area contributed by atoms with E-state index in [1.165, 1.54) is 35.0 Å². The number of halogens is 5. The molecule has 6 fully saturated rings. The molecule has 26 heteroatoms. The number of nitrogens with one attached hydrogen (secondary N) is 4. The summed E-state index contributed by atoms with van der Waals surface area (Å²) in [6.07, 6.45) is 4.57. The molecule has 4 aromatic carbocycles. The van der Waals surface area contributed by atoms with Gasteiger partial charge in [0, 0.05) is 117 Å². The molecule has 2 bridgehead atoms. The Hall–Kier alpha value is -6.45. The number of nitrogens with zero attached hydrogens (tertiary/aromatic N) is 5. The molecule has 0 spiro atoms. The number of hydrogen-bond acceptors (Lipinski definition) is 16. The zero-order valence-corrected chi connectivity index (χ0v) is 52.8. The highest BCUT2D eigenvalue weighted by atomic mass is 32.2. The smallest absolute Gasteiger partial charge is 0.385 e. The standard InChI is InChI=1S/C64H76F5N9O9S3/c1-61(2)22-20-43(51(36-61)62-39-63(40-62,41-62)60(65)66)37-76-30-32-77(33-31-76)46-13-10-42(11-14-46)56(80)73-90(86,87)48-15-17-52(54(35-48)89(84,85)64(67,68)69)71-45(38-88-47-8-4-3-5-9-47)21-25-75-28-26-74(27-29-75)24-7-6-23-70-44-12-16-49-50(34-44)59(83)78(58(49)82)53-18-19-55(79)72-57(53)81/h3-5,8-17,34-35,45,53,60,70-71H,6-7,18-33,36-41H2,1-2H3,(H,73,80)(H,72,79,81)/t45-,53?,62?,63?/m1/s1. The third kappa shape index (κ3) is 13.8. The first kappa shape index (κ1) is 65.1. The van der Waals surface area contributed by atoms with Gasteiger partial charge >= 0.3 is 5.51 Å². The van der Waals surface area contributed by atoms with Gasteiger partial charge in [-0.05, 0) is 154 Å². The molecular weight excluding hydrogens is 1230 g/mol. The lowest BCUT2D eigenvalue weighted by Gasteiger charge is -2.72. The molecule has 3 saturated carbocycles. The number of rotatable bonds is 24. The molecule has 12 rings (SSSR count). The van der Waals surface area contributed by atoms with Crippen LogP contribution in [0.25, 0.3) is 0 Å². The lowest BCUT2D eigenvalue weighted by atomic mass is 9.32. The topological polar surface area (TPSA) is 218 Å². The fourth-order valence-corrected chi connectivity index (χ4v) is 17.1. The summed E-state index contributed by atoms with van der Waals surface area (Å²) in [6, 6.07) is 21.2. The molecule has 5 amide bonds. The molecule has 4 aromatic rings. The molecule has 0 radical (unpaired) electrons.